The van der Waals surface area contributed by atoms with Gasteiger partial charge in [-0.25, -0.2) is 0 Å². The monoisotopic (exact) mass is 816 g/mol. The highest BCUT2D eigenvalue weighted by Crippen LogP contribution is 2.63. The number of rotatable bonds is 6. The number of hydrogen-bond acceptors (Lipinski definition) is 3. The van der Waals surface area contributed by atoms with E-state index in [1.54, 1.807) is 0 Å². The van der Waals surface area contributed by atoms with Crippen molar-refractivity contribution in [2.45, 2.75) is 5.41 Å². The molecule has 0 saturated heterocycles. The lowest BCUT2D eigenvalue weighted by molar-refractivity contribution is 0.666. The van der Waals surface area contributed by atoms with Crippen LogP contribution in [0.15, 0.2) is 247 Å². The average Bonchev–Trinajstić information content (AvgIpc) is 3.84. The number of fused-ring (bicyclic) bond motifs is 15. The Kier molecular flexibility index (Phi) is 8.13. The van der Waals surface area contributed by atoms with Crippen molar-refractivity contribution < 1.29 is 4.42 Å². The lowest BCUT2D eigenvalue weighted by Gasteiger charge is -2.37. The van der Waals surface area contributed by atoms with Crippen LogP contribution in [0.1, 0.15) is 22.3 Å². The summed E-state index contributed by atoms with van der Waals surface area (Å²) in [6.07, 6.45) is 0. The van der Waals surface area contributed by atoms with Crippen LogP contribution < -0.4 is 9.80 Å². The molecule has 0 fully saturated rings. The van der Waals surface area contributed by atoms with Gasteiger partial charge in [-0.2, -0.15) is 0 Å². The third kappa shape index (κ3) is 5.34. The van der Waals surface area contributed by atoms with Crippen molar-refractivity contribution in [3.8, 4) is 33.4 Å². The Labute approximate surface area is 372 Å². The standard InChI is InChI=1S/C61H40N2O/c1-5-19-41(20-6-1)62(42-21-7-2-8-22-42)45-33-35-50-47-27-13-14-28-48(47)51-36-34-46(63(43-23-9-3-10-24-43)44-25-11-4-12-26-44)38-57(51)61(56(50)37-45)55-31-17-15-29-49(55)53-39-54-52-30-16-18-32-59(52)64-60(54)40-58(53)61/h1-40H. The molecule has 0 saturated carbocycles. The van der Waals surface area contributed by atoms with E-state index in [-0.39, 0.29) is 0 Å². The lowest BCUT2D eigenvalue weighted by Crippen LogP contribution is -2.30. The van der Waals surface area contributed by atoms with Crippen molar-refractivity contribution in [3.63, 3.8) is 0 Å². The van der Waals surface area contributed by atoms with Gasteiger partial charge < -0.3 is 14.2 Å². The van der Waals surface area contributed by atoms with Gasteiger partial charge in [0.1, 0.15) is 11.2 Å². The normalized spacial score (nSPS) is 12.8. The molecule has 0 N–H and O–H groups in total. The second kappa shape index (κ2) is 14.3. The van der Waals surface area contributed by atoms with Crippen molar-refractivity contribution >= 4 is 56.1 Å². The molecule has 1 heterocycles. The van der Waals surface area contributed by atoms with E-state index in [9.17, 15) is 0 Å². The van der Waals surface area contributed by atoms with Gasteiger partial charge in [-0.15, -0.1) is 0 Å². The zero-order chi connectivity index (χ0) is 42.2. The van der Waals surface area contributed by atoms with Gasteiger partial charge in [-0.1, -0.05) is 152 Å². The molecular weight excluding hydrogens is 777 g/mol. The summed E-state index contributed by atoms with van der Waals surface area (Å²) in [7, 11) is 0. The van der Waals surface area contributed by atoms with Gasteiger partial charge in [-0.3, -0.25) is 0 Å². The molecule has 2 aliphatic rings. The van der Waals surface area contributed by atoms with Crippen LogP contribution >= 0.6 is 0 Å². The minimum absolute atomic E-state index is 0.785. The maximum atomic E-state index is 6.82. The van der Waals surface area contributed by atoms with Crippen LogP contribution in [0.5, 0.6) is 0 Å². The van der Waals surface area contributed by atoms with Crippen LogP contribution in [0.25, 0.3) is 55.3 Å². The second-order valence-corrected chi connectivity index (χ2v) is 16.8. The van der Waals surface area contributed by atoms with Gasteiger partial charge in [0.15, 0.2) is 0 Å². The first-order chi connectivity index (χ1) is 31.8. The quantitative estimate of drug-likeness (QED) is 0.167. The lowest BCUT2D eigenvalue weighted by atomic mass is 9.65. The van der Waals surface area contributed by atoms with E-state index < -0.39 is 5.41 Å². The number of hydrogen-bond donors (Lipinski definition) is 0. The molecule has 0 radical (unpaired) electrons. The molecule has 0 amide bonds. The largest absolute Gasteiger partial charge is 0.456 e. The van der Waals surface area contributed by atoms with Crippen LogP contribution in [-0.2, 0) is 5.41 Å². The minimum Gasteiger partial charge on any atom is -0.456 e. The highest BCUT2D eigenvalue weighted by atomic mass is 16.3. The molecule has 0 atom stereocenters. The molecule has 3 heteroatoms. The Bertz CT molecular complexity index is 3330. The van der Waals surface area contributed by atoms with Crippen molar-refractivity contribution in [2.75, 3.05) is 9.80 Å². The molecule has 1 spiro atoms. The molecule has 64 heavy (non-hydrogen) atoms. The first-order valence-corrected chi connectivity index (χ1v) is 22.0. The summed E-state index contributed by atoms with van der Waals surface area (Å²) in [5.41, 5.74) is 19.7. The summed E-state index contributed by atoms with van der Waals surface area (Å²) >= 11 is 0. The van der Waals surface area contributed by atoms with Gasteiger partial charge in [0, 0.05) is 44.9 Å². The van der Waals surface area contributed by atoms with Gasteiger partial charge in [0.05, 0.1) is 5.41 Å². The zero-order valence-corrected chi connectivity index (χ0v) is 34.9. The zero-order valence-electron chi connectivity index (χ0n) is 34.9. The summed E-state index contributed by atoms with van der Waals surface area (Å²) in [5.74, 6) is 0. The summed E-state index contributed by atoms with van der Waals surface area (Å²) < 4.78 is 6.82. The fraction of sp³-hybridized carbons (Fsp3) is 0.0164. The molecule has 1 aromatic heterocycles. The number of para-hydroxylation sites is 5. The third-order valence-electron chi connectivity index (χ3n) is 13.4. The summed E-state index contributed by atoms with van der Waals surface area (Å²) in [6, 6.07) is 88.5. The Balaban J connectivity index is 1.20. The van der Waals surface area contributed by atoms with E-state index in [4.69, 9.17) is 4.42 Å². The fourth-order valence-electron chi connectivity index (χ4n) is 10.8. The Morgan fingerprint density at radius 3 is 1.17 bits per heavy atom. The SMILES string of the molecule is c1ccc(N(c2ccccc2)c2ccc3c(c2)C2(c4cc(N(c5ccccc5)c5ccccc5)ccc4-c4ccccc4-3)c3ccccc3-c3cc4c(cc32)oc2ccccc24)cc1. The maximum Gasteiger partial charge on any atom is 0.135 e. The Morgan fingerprint density at radius 1 is 0.250 bits per heavy atom. The fourth-order valence-corrected chi connectivity index (χ4v) is 10.8. The third-order valence-corrected chi connectivity index (χ3v) is 13.4. The van der Waals surface area contributed by atoms with Crippen molar-refractivity contribution in [3.05, 3.63) is 265 Å². The highest BCUT2D eigenvalue weighted by molar-refractivity contribution is 6.09. The smallest absolute Gasteiger partial charge is 0.135 e. The van der Waals surface area contributed by atoms with Crippen molar-refractivity contribution in [1.82, 2.24) is 0 Å². The Hall–Kier alpha value is -8.40. The summed E-state index contributed by atoms with van der Waals surface area (Å²) in [4.78, 5) is 4.78. The minimum atomic E-state index is -0.785. The van der Waals surface area contributed by atoms with E-state index in [0.29, 0.717) is 0 Å². The molecule has 10 aromatic carbocycles. The van der Waals surface area contributed by atoms with Crippen LogP contribution in [0.3, 0.4) is 0 Å². The molecule has 0 unspecified atom stereocenters. The van der Waals surface area contributed by atoms with E-state index >= 15 is 0 Å². The van der Waals surface area contributed by atoms with Gasteiger partial charge in [0.2, 0.25) is 0 Å². The molecule has 13 rings (SSSR count). The molecule has 0 bridgehead atoms. The van der Waals surface area contributed by atoms with Crippen LogP contribution in [-0.4, -0.2) is 0 Å². The molecule has 300 valence electrons. The highest BCUT2D eigenvalue weighted by Gasteiger charge is 2.50. The number of benzene rings is 10. The molecule has 0 aliphatic heterocycles. The predicted molar refractivity (Wildman–Crippen MR) is 265 cm³/mol. The van der Waals surface area contributed by atoms with E-state index in [0.717, 1.165) is 56.1 Å². The van der Waals surface area contributed by atoms with Gasteiger partial charge in [-0.05, 0) is 147 Å². The van der Waals surface area contributed by atoms with E-state index in [1.807, 2.05) is 0 Å². The van der Waals surface area contributed by atoms with Crippen LogP contribution in [0.2, 0.25) is 0 Å². The van der Waals surface area contributed by atoms with Gasteiger partial charge in [0.25, 0.3) is 0 Å². The number of nitrogens with zero attached hydrogens (tertiary/aromatic N) is 2. The van der Waals surface area contributed by atoms with Crippen molar-refractivity contribution in [2.24, 2.45) is 0 Å². The molecule has 3 nitrogen and oxygen atoms in total. The first-order valence-electron chi connectivity index (χ1n) is 22.0. The summed E-state index contributed by atoms with van der Waals surface area (Å²) in [6.45, 7) is 0. The number of furan rings is 1. The maximum absolute atomic E-state index is 6.82. The molecule has 2 aliphatic carbocycles. The van der Waals surface area contributed by atoms with E-state index in [2.05, 4.69) is 252 Å². The molecule has 11 aromatic rings. The van der Waals surface area contributed by atoms with E-state index in [1.165, 1.54) is 55.6 Å². The number of anilines is 6. The average molecular weight is 817 g/mol. The first kappa shape index (κ1) is 36.3. The topological polar surface area (TPSA) is 19.6 Å². The Morgan fingerprint density at radius 2 is 0.656 bits per heavy atom. The molecular formula is C61H40N2O. The second-order valence-electron chi connectivity index (χ2n) is 16.8. The van der Waals surface area contributed by atoms with Crippen molar-refractivity contribution in [1.29, 1.82) is 0 Å². The van der Waals surface area contributed by atoms with Gasteiger partial charge >= 0.3 is 0 Å². The van der Waals surface area contributed by atoms with Crippen LogP contribution in [0.4, 0.5) is 34.1 Å². The van der Waals surface area contributed by atoms with Crippen LogP contribution in [0, 0.1) is 0 Å². The summed E-state index contributed by atoms with van der Waals surface area (Å²) in [5, 5.41) is 2.25. The predicted octanol–water partition coefficient (Wildman–Crippen LogP) is 16.5.